The van der Waals surface area contributed by atoms with E-state index in [4.69, 9.17) is 5.10 Å². The van der Waals surface area contributed by atoms with E-state index in [0.29, 0.717) is 6.54 Å². The molecule has 3 aromatic rings. The standard InChI is InChI=1S/C20H27N7/c1-16-19(17(2)27(25-16)18-9-5-4-6-10-18)15-23-20(21-3)22-11-7-13-26-14-8-12-24-26/h4-6,8-10,12,14H,7,11,13,15H2,1-3H3,(H2,21,22,23). The largest absolute Gasteiger partial charge is 0.356 e. The summed E-state index contributed by atoms with van der Waals surface area (Å²) in [6.45, 7) is 6.55. The van der Waals surface area contributed by atoms with Gasteiger partial charge < -0.3 is 10.6 Å². The van der Waals surface area contributed by atoms with E-state index in [0.717, 1.165) is 42.5 Å². The van der Waals surface area contributed by atoms with Gasteiger partial charge in [-0.05, 0) is 38.5 Å². The topological polar surface area (TPSA) is 72.1 Å². The third-order valence-electron chi connectivity index (χ3n) is 4.51. The third kappa shape index (κ3) is 4.75. The van der Waals surface area contributed by atoms with E-state index in [1.165, 1.54) is 5.56 Å². The fourth-order valence-corrected chi connectivity index (χ4v) is 3.02. The van der Waals surface area contributed by atoms with Crippen LogP contribution in [-0.4, -0.2) is 39.1 Å². The Bertz CT molecular complexity index is 863. The molecule has 7 nitrogen and oxygen atoms in total. The molecule has 0 radical (unpaired) electrons. The summed E-state index contributed by atoms with van der Waals surface area (Å²) in [5.74, 6) is 0.793. The maximum absolute atomic E-state index is 4.69. The van der Waals surface area contributed by atoms with Crippen molar-refractivity contribution >= 4 is 5.96 Å². The highest BCUT2D eigenvalue weighted by Gasteiger charge is 2.13. The molecule has 2 aromatic heterocycles. The van der Waals surface area contributed by atoms with E-state index < -0.39 is 0 Å². The number of nitrogens with zero attached hydrogens (tertiary/aromatic N) is 5. The molecule has 1 aromatic carbocycles. The molecule has 0 unspecified atom stereocenters. The highest BCUT2D eigenvalue weighted by Crippen LogP contribution is 2.17. The Morgan fingerprint density at radius 1 is 1.11 bits per heavy atom. The van der Waals surface area contributed by atoms with Gasteiger partial charge in [-0.2, -0.15) is 10.2 Å². The number of rotatable bonds is 7. The van der Waals surface area contributed by atoms with E-state index >= 15 is 0 Å². The van der Waals surface area contributed by atoms with Gasteiger partial charge in [-0.1, -0.05) is 18.2 Å². The zero-order chi connectivity index (χ0) is 19.1. The molecule has 0 saturated heterocycles. The van der Waals surface area contributed by atoms with Crippen LogP contribution in [0.15, 0.2) is 53.8 Å². The van der Waals surface area contributed by atoms with Crippen molar-refractivity contribution < 1.29 is 0 Å². The third-order valence-corrected chi connectivity index (χ3v) is 4.51. The second-order valence-corrected chi connectivity index (χ2v) is 6.37. The summed E-state index contributed by atoms with van der Waals surface area (Å²) in [5, 5.41) is 15.6. The quantitative estimate of drug-likeness (QED) is 0.383. The van der Waals surface area contributed by atoms with Gasteiger partial charge in [0.05, 0.1) is 11.4 Å². The van der Waals surface area contributed by atoms with Crippen molar-refractivity contribution in [3.8, 4) is 5.69 Å². The van der Waals surface area contributed by atoms with Crippen molar-refractivity contribution in [2.75, 3.05) is 13.6 Å². The van der Waals surface area contributed by atoms with Crippen LogP contribution in [0.4, 0.5) is 0 Å². The second-order valence-electron chi connectivity index (χ2n) is 6.37. The predicted molar refractivity (Wildman–Crippen MR) is 108 cm³/mol. The van der Waals surface area contributed by atoms with Gasteiger partial charge >= 0.3 is 0 Å². The Morgan fingerprint density at radius 2 is 1.93 bits per heavy atom. The first kappa shape index (κ1) is 18.7. The van der Waals surface area contributed by atoms with Gasteiger partial charge in [-0.25, -0.2) is 4.68 Å². The molecular weight excluding hydrogens is 338 g/mol. The lowest BCUT2D eigenvalue weighted by molar-refractivity contribution is 0.570. The maximum atomic E-state index is 4.69. The second kappa shape index (κ2) is 9.02. The summed E-state index contributed by atoms with van der Waals surface area (Å²) in [6.07, 6.45) is 4.75. The minimum Gasteiger partial charge on any atom is -0.356 e. The van der Waals surface area contributed by atoms with Crippen molar-refractivity contribution in [2.24, 2.45) is 4.99 Å². The van der Waals surface area contributed by atoms with Gasteiger partial charge in [0.2, 0.25) is 0 Å². The Morgan fingerprint density at radius 3 is 2.63 bits per heavy atom. The minimum absolute atomic E-state index is 0.684. The number of hydrogen-bond donors (Lipinski definition) is 2. The number of benzene rings is 1. The molecule has 0 fully saturated rings. The van der Waals surface area contributed by atoms with E-state index in [2.05, 4.69) is 39.8 Å². The molecule has 3 rings (SSSR count). The highest BCUT2D eigenvalue weighted by atomic mass is 15.3. The molecule has 2 N–H and O–H groups in total. The number of aryl methyl sites for hydroxylation is 2. The molecule has 0 spiro atoms. The zero-order valence-corrected chi connectivity index (χ0v) is 16.2. The molecule has 2 heterocycles. The molecule has 0 amide bonds. The Hall–Kier alpha value is -3.09. The average Bonchev–Trinajstić information content (AvgIpc) is 3.30. The van der Waals surface area contributed by atoms with Crippen LogP contribution in [0.1, 0.15) is 23.4 Å². The van der Waals surface area contributed by atoms with Crippen LogP contribution in [0.25, 0.3) is 5.69 Å². The van der Waals surface area contributed by atoms with E-state index in [-0.39, 0.29) is 0 Å². The number of hydrogen-bond acceptors (Lipinski definition) is 3. The van der Waals surface area contributed by atoms with Crippen molar-refractivity contribution in [3.05, 3.63) is 65.7 Å². The van der Waals surface area contributed by atoms with Crippen LogP contribution in [0.3, 0.4) is 0 Å². The minimum atomic E-state index is 0.684. The maximum Gasteiger partial charge on any atom is 0.191 e. The summed E-state index contributed by atoms with van der Waals surface area (Å²) < 4.78 is 3.93. The van der Waals surface area contributed by atoms with Gasteiger partial charge in [0.25, 0.3) is 0 Å². The van der Waals surface area contributed by atoms with Gasteiger partial charge in [0, 0.05) is 50.3 Å². The summed E-state index contributed by atoms with van der Waals surface area (Å²) in [6, 6.07) is 12.1. The Balaban J connectivity index is 1.54. The number of aromatic nitrogens is 4. The van der Waals surface area contributed by atoms with Gasteiger partial charge in [0.15, 0.2) is 5.96 Å². The first-order valence-electron chi connectivity index (χ1n) is 9.21. The first-order chi connectivity index (χ1) is 13.2. The lowest BCUT2D eigenvalue weighted by Crippen LogP contribution is -2.37. The molecular formula is C20H27N7. The SMILES string of the molecule is CN=C(NCCCn1cccn1)NCc1c(C)nn(-c2ccccc2)c1C. The molecule has 0 aliphatic carbocycles. The highest BCUT2D eigenvalue weighted by molar-refractivity contribution is 5.79. The number of aliphatic imine (C=N–C) groups is 1. The summed E-state index contributed by atoms with van der Waals surface area (Å²) in [7, 11) is 1.79. The molecule has 0 aliphatic rings. The molecule has 142 valence electrons. The predicted octanol–water partition coefficient (Wildman–Crippen LogP) is 2.44. The Kier molecular flexibility index (Phi) is 6.25. The molecule has 0 aliphatic heterocycles. The van der Waals surface area contributed by atoms with Gasteiger partial charge in [-0.3, -0.25) is 9.67 Å². The van der Waals surface area contributed by atoms with Crippen LogP contribution in [0, 0.1) is 13.8 Å². The number of nitrogens with one attached hydrogen (secondary N) is 2. The fraction of sp³-hybridized carbons (Fsp3) is 0.350. The van der Waals surface area contributed by atoms with Crippen LogP contribution < -0.4 is 10.6 Å². The molecule has 0 atom stereocenters. The zero-order valence-electron chi connectivity index (χ0n) is 16.2. The Labute approximate surface area is 160 Å². The van der Waals surface area contributed by atoms with Crippen LogP contribution in [-0.2, 0) is 13.1 Å². The van der Waals surface area contributed by atoms with Crippen LogP contribution >= 0.6 is 0 Å². The van der Waals surface area contributed by atoms with Gasteiger partial charge in [-0.15, -0.1) is 0 Å². The number of para-hydroxylation sites is 1. The lowest BCUT2D eigenvalue weighted by atomic mass is 10.2. The monoisotopic (exact) mass is 365 g/mol. The van der Waals surface area contributed by atoms with Gasteiger partial charge in [0.1, 0.15) is 0 Å². The molecule has 27 heavy (non-hydrogen) atoms. The smallest absolute Gasteiger partial charge is 0.191 e. The first-order valence-corrected chi connectivity index (χ1v) is 9.21. The van der Waals surface area contributed by atoms with E-state index in [9.17, 15) is 0 Å². The molecule has 7 heteroatoms. The van der Waals surface area contributed by atoms with Crippen molar-refractivity contribution in [2.45, 2.75) is 33.4 Å². The summed E-state index contributed by atoms with van der Waals surface area (Å²) in [5.41, 5.74) is 4.43. The summed E-state index contributed by atoms with van der Waals surface area (Å²) in [4.78, 5) is 4.31. The van der Waals surface area contributed by atoms with Crippen molar-refractivity contribution in [1.29, 1.82) is 0 Å². The molecule has 0 bridgehead atoms. The average molecular weight is 365 g/mol. The van der Waals surface area contributed by atoms with E-state index in [1.54, 1.807) is 13.2 Å². The molecule has 0 saturated carbocycles. The summed E-state index contributed by atoms with van der Waals surface area (Å²) >= 11 is 0. The van der Waals surface area contributed by atoms with Crippen LogP contribution in [0.5, 0.6) is 0 Å². The lowest BCUT2D eigenvalue weighted by Gasteiger charge is -2.12. The van der Waals surface area contributed by atoms with Crippen molar-refractivity contribution in [1.82, 2.24) is 30.2 Å². The van der Waals surface area contributed by atoms with Crippen LogP contribution in [0.2, 0.25) is 0 Å². The van der Waals surface area contributed by atoms with Crippen molar-refractivity contribution in [3.63, 3.8) is 0 Å². The normalized spacial score (nSPS) is 11.6. The number of guanidine groups is 1. The fourth-order valence-electron chi connectivity index (χ4n) is 3.02. The van der Waals surface area contributed by atoms with E-state index in [1.807, 2.05) is 46.7 Å².